The highest BCUT2D eigenvalue weighted by Crippen LogP contribution is 2.27. The van der Waals surface area contributed by atoms with Crippen LogP contribution < -0.4 is 10.6 Å². The van der Waals surface area contributed by atoms with Crippen molar-refractivity contribution in [3.05, 3.63) is 94.6 Å². The van der Waals surface area contributed by atoms with Crippen molar-refractivity contribution in [3.8, 4) is 0 Å². The minimum Gasteiger partial charge on any atom is -0.324 e. The highest BCUT2D eigenvalue weighted by molar-refractivity contribution is 6.31. The van der Waals surface area contributed by atoms with E-state index in [4.69, 9.17) is 11.6 Å². The second-order valence-corrected chi connectivity index (χ2v) is 8.63. The van der Waals surface area contributed by atoms with Crippen molar-refractivity contribution in [2.75, 3.05) is 10.6 Å². The summed E-state index contributed by atoms with van der Waals surface area (Å²) in [5.74, 6) is -0.716. The van der Waals surface area contributed by atoms with Crippen LogP contribution in [-0.2, 0) is 11.3 Å². The van der Waals surface area contributed by atoms with E-state index in [2.05, 4.69) is 20.6 Å². The molecule has 0 bridgehead atoms. The van der Waals surface area contributed by atoms with Crippen molar-refractivity contribution in [2.24, 2.45) is 0 Å². The third-order valence-electron chi connectivity index (χ3n) is 5.86. The lowest BCUT2D eigenvalue weighted by molar-refractivity contribution is -0.120. The molecule has 1 atom stereocenters. The fourth-order valence-corrected chi connectivity index (χ4v) is 4.06. The van der Waals surface area contributed by atoms with Gasteiger partial charge in [-0.3, -0.25) is 19.7 Å². The molecule has 0 unspecified atom stereocenters. The van der Waals surface area contributed by atoms with Crippen molar-refractivity contribution in [2.45, 2.75) is 19.5 Å². The Morgan fingerprint density at radius 1 is 1.09 bits per heavy atom. The van der Waals surface area contributed by atoms with Crippen molar-refractivity contribution in [3.63, 3.8) is 0 Å². The van der Waals surface area contributed by atoms with Gasteiger partial charge in [-0.25, -0.2) is 9.97 Å². The van der Waals surface area contributed by atoms with Gasteiger partial charge in [-0.1, -0.05) is 41.9 Å². The molecule has 0 radical (unpaired) electrons. The predicted molar refractivity (Wildman–Crippen MR) is 133 cm³/mol. The molecule has 0 saturated carbocycles. The Bertz CT molecular complexity index is 1470. The number of amides is 3. The van der Waals surface area contributed by atoms with Crippen LogP contribution in [0.3, 0.4) is 0 Å². The van der Waals surface area contributed by atoms with Crippen molar-refractivity contribution < 1.29 is 14.4 Å². The van der Waals surface area contributed by atoms with Crippen molar-refractivity contribution >= 4 is 51.9 Å². The molecule has 0 fully saturated rings. The van der Waals surface area contributed by atoms with Crippen LogP contribution in [0.25, 0.3) is 10.9 Å². The van der Waals surface area contributed by atoms with Gasteiger partial charge in [0.05, 0.1) is 16.8 Å². The summed E-state index contributed by atoms with van der Waals surface area (Å²) in [5, 5.41) is 6.78. The fraction of sp³-hybridized carbons (Fsp3) is 0.115. The lowest BCUT2D eigenvalue weighted by atomic mass is 10.1. The summed E-state index contributed by atoms with van der Waals surface area (Å²) in [6.07, 6.45) is 1.66. The standard InChI is InChI=1S/C26H20ClN5O3/c1-15-23(33)29-22-12-19(27)10-11-20(22)25(35)32(15)14-16-6-8-17(9-7-16)24(34)31-26-28-13-18-4-2-3-5-21(18)30-26/h2-13,15H,14H2,1H3,(H,29,33)(H,28,30,31,34)/t15-/m1/s1. The lowest BCUT2D eigenvalue weighted by Gasteiger charge is -2.26. The molecule has 5 rings (SSSR count). The van der Waals surface area contributed by atoms with Crippen molar-refractivity contribution in [1.82, 2.24) is 14.9 Å². The van der Waals surface area contributed by atoms with Crippen LogP contribution in [-0.4, -0.2) is 38.6 Å². The number of nitrogens with zero attached hydrogens (tertiary/aromatic N) is 3. The molecule has 0 saturated heterocycles. The molecule has 9 heteroatoms. The number of para-hydroxylation sites is 1. The molecule has 0 spiro atoms. The number of halogens is 1. The maximum Gasteiger partial charge on any atom is 0.258 e. The topological polar surface area (TPSA) is 104 Å². The summed E-state index contributed by atoms with van der Waals surface area (Å²) in [6, 6.07) is 18.4. The van der Waals surface area contributed by atoms with Gasteiger partial charge >= 0.3 is 0 Å². The van der Waals surface area contributed by atoms with E-state index in [1.807, 2.05) is 24.3 Å². The Balaban J connectivity index is 1.32. The summed E-state index contributed by atoms with van der Waals surface area (Å²) >= 11 is 6.03. The van der Waals surface area contributed by atoms with Gasteiger partial charge < -0.3 is 10.2 Å². The van der Waals surface area contributed by atoms with Crippen LogP contribution in [0.2, 0.25) is 5.02 Å². The number of carbonyl (C=O) groups excluding carboxylic acids is 3. The number of fused-ring (bicyclic) bond motifs is 2. The fourth-order valence-electron chi connectivity index (χ4n) is 3.89. The van der Waals surface area contributed by atoms with Gasteiger partial charge in [0.2, 0.25) is 11.9 Å². The van der Waals surface area contributed by atoms with Gasteiger partial charge in [0.1, 0.15) is 6.04 Å². The van der Waals surface area contributed by atoms with Crippen LogP contribution in [0.15, 0.2) is 72.9 Å². The second kappa shape index (κ2) is 9.15. The molecule has 1 aliphatic rings. The molecule has 174 valence electrons. The number of aromatic nitrogens is 2. The van der Waals surface area contributed by atoms with Gasteiger partial charge in [0.15, 0.2) is 0 Å². The summed E-state index contributed by atoms with van der Waals surface area (Å²) in [5.41, 5.74) is 2.69. The van der Waals surface area contributed by atoms with E-state index in [0.717, 1.165) is 16.5 Å². The van der Waals surface area contributed by atoms with Gasteiger partial charge in [0, 0.05) is 28.7 Å². The average Bonchev–Trinajstić information content (AvgIpc) is 2.94. The van der Waals surface area contributed by atoms with Gasteiger partial charge in [-0.2, -0.15) is 0 Å². The molecule has 3 amide bonds. The van der Waals surface area contributed by atoms with E-state index in [0.29, 0.717) is 21.8 Å². The Labute approximate surface area is 205 Å². The Hall–Kier alpha value is -4.30. The van der Waals surface area contributed by atoms with Crippen molar-refractivity contribution in [1.29, 1.82) is 0 Å². The zero-order chi connectivity index (χ0) is 24.5. The summed E-state index contributed by atoms with van der Waals surface area (Å²) in [4.78, 5) is 48.5. The maximum absolute atomic E-state index is 13.2. The third-order valence-corrected chi connectivity index (χ3v) is 6.10. The molecule has 1 aromatic heterocycles. The van der Waals surface area contributed by atoms with E-state index in [9.17, 15) is 14.4 Å². The number of carbonyl (C=O) groups is 3. The average molecular weight is 486 g/mol. The SMILES string of the molecule is C[C@@H]1C(=O)Nc2cc(Cl)ccc2C(=O)N1Cc1ccc(C(=O)Nc2ncc3ccccc3n2)cc1. The summed E-state index contributed by atoms with van der Waals surface area (Å²) < 4.78 is 0. The molecule has 4 aromatic rings. The minimum absolute atomic E-state index is 0.200. The third kappa shape index (κ3) is 4.56. The van der Waals surface area contributed by atoms with E-state index in [-0.39, 0.29) is 30.2 Å². The number of hydrogen-bond donors (Lipinski definition) is 2. The predicted octanol–water partition coefficient (Wildman–Crippen LogP) is 4.52. The zero-order valence-electron chi connectivity index (χ0n) is 18.7. The van der Waals surface area contributed by atoms with Crippen LogP contribution >= 0.6 is 11.6 Å². The Kier molecular flexibility index (Phi) is 5.88. The van der Waals surface area contributed by atoms with Gasteiger partial charge in [-0.15, -0.1) is 0 Å². The Morgan fingerprint density at radius 3 is 2.66 bits per heavy atom. The van der Waals surface area contributed by atoms with Crippen LogP contribution in [0, 0.1) is 0 Å². The number of rotatable bonds is 4. The van der Waals surface area contributed by atoms with Crippen LogP contribution in [0.4, 0.5) is 11.6 Å². The molecule has 2 N–H and O–H groups in total. The molecule has 3 aromatic carbocycles. The number of nitrogens with one attached hydrogen (secondary N) is 2. The minimum atomic E-state index is -0.693. The molecule has 2 heterocycles. The highest BCUT2D eigenvalue weighted by atomic mass is 35.5. The highest BCUT2D eigenvalue weighted by Gasteiger charge is 2.32. The number of hydrogen-bond acceptors (Lipinski definition) is 5. The maximum atomic E-state index is 13.2. The zero-order valence-corrected chi connectivity index (χ0v) is 19.4. The second-order valence-electron chi connectivity index (χ2n) is 8.19. The number of benzene rings is 3. The first-order valence-electron chi connectivity index (χ1n) is 10.9. The van der Waals surface area contributed by atoms with E-state index in [1.165, 1.54) is 4.90 Å². The quantitative estimate of drug-likeness (QED) is 0.442. The molecule has 35 heavy (non-hydrogen) atoms. The molecule has 8 nitrogen and oxygen atoms in total. The normalized spacial score (nSPS) is 15.4. The van der Waals surface area contributed by atoms with E-state index in [1.54, 1.807) is 55.6 Å². The molecule has 0 aliphatic carbocycles. The van der Waals surface area contributed by atoms with E-state index < -0.39 is 6.04 Å². The van der Waals surface area contributed by atoms with Gasteiger partial charge in [0.25, 0.3) is 11.8 Å². The van der Waals surface area contributed by atoms with Gasteiger partial charge in [-0.05, 0) is 48.9 Å². The lowest BCUT2D eigenvalue weighted by Crippen LogP contribution is -2.42. The smallest absolute Gasteiger partial charge is 0.258 e. The molecular weight excluding hydrogens is 466 g/mol. The first-order chi connectivity index (χ1) is 16.9. The largest absolute Gasteiger partial charge is 0.324 e. The number of anilines is 2. The molecular formula is C26H20ClN5O3. The first-order valence-corrected chi connectivity index (χ1v) is 11.3. The first kappa shape index (κ1) is 22.5. The van der Waals surface area contributed by atoms with E-state index >= 15 is 0 Å². The summed E-state index contributed by atoms with van der Waals surface area (Å²) in [6.45, 7) is 1.87. The summed E-state index contributed by atoms with van der Waals surface area (Å²) in [7, 11) is 0. The molecule has 1 aliphatic heterocycles. The van der Waals surface area contributed by atoms with Crippen LogP contribution in [0.5, 0.6) is 0 Å². The monoisotopic (exact) mass is 485 g/mol. The Morgan fingerprint density at radius 2 is 1.86 bits per heavy atom. The van der Waals surface area contributed by atoms with Crippen LogP contribution in [0.1, 0.15) is 33.2 Å².